The molecule has 0 unspecified atom stereocenters. The molecule has 0 aliphatic rings. The lowest BCUT2D eigenvalue weighted by atomic mass is 10.1. The minimum Gasteiger partial charge on any atom is -0.383 e. The summed E-state index contributed by atoms with van der Waals surface area (Å²) in [6.07, 6.45) is 0. The molecule has 0 aliphatic heterocycles. The normalized spacial score (nSPS) is 11.0. The first-order valence-electron chi connectivity index (χ1n) is 7.56. The predicted octanol–water partition coefficient (Wildman–Crippen LogP) is 5.31. The summed E-state index contributed by atoms with van der Waals surface area (Å²) >= 11 is 5.76. The monoisotopic (exact) mass is 502 g/mol. The Morgan fingerprint density at radius 2 is 1.64 bits per heavy atom. The molecule has 6 heteroatoms. The number of fused-ring (bicyclic) bond motifs is 1. The number of pyridine rings is 1. The first kappa shape index (κ1) is 16.4. The maximum atomic E-state index is 6.14. The lowest BCUT2D eigenvalue weighted by molar-refractivity contribution is 1.19. The molecule has 0 aliphatic carbocycles. The number of nitrogen functional groups attached to an aromatic ring is 1. The van der Waals surface area contributed by atoms with Gasteiger partial charge in [0.25, 0.3) is 0 Å². The summed E-state index contributed by atoms with van der Waals surface area (Å²) in [7, 11) is 0. The van der Waals surface area contributed by atoms with Crippen LogP contribution in [0.5, 0.6) is 0 Å². The minimum atomic E-state index is 0.432. The van der Waals surface area contributed by atoms with Crippen LogP contribution in [0.2, 0.25) is 0 Å². The lowest BCUT2D eigenvalue weighted by Gasteiger charge is -2.07. The van der Waals surface area contributed by atoms with E-state index in [1.54, 1.807) is 0 Å². The fourth-order valence-corrected chi connectivity index (χ4v) is 3.33. The summed E-state index contributed by atoms with van der Waals surface area (Å²) in [4.78, 5) is 13.8. The third-order valence-corrected chi connectivity index (χ3v) is 5.02. The largest absolute Gasteiger partial charge is 0.383 e. The smallest absolute Gasteiger partial charge is 0.165 e. The molecule has 0 saturated heterocycles. The molecule has 25 heavy (non-hydrogen) atoms. The van der Waals surface area contributed by atoms with E-state index in [0.29, 0.717) is 17.3 Å². The van der Waals surface area contributed by atoms with Gasteiger partial charge in [0.15, 0.2) is 11.5 Å². The van der Waals surface area contributed by atoms with Crippen molar-refractivity contribution < 1.29 is 0 Å². The summed E-state index contributed by atoms with van der Waals surface area (Å²) in [5.41, 5.74) is 9.53. The number of hydrogen-bond acceptors (Lipinski definition) is 4. The summed E-state index contributed by atoms with van der Waals surface area (Å²) in [6.45, 7) is 0. The number of nitrogens with two attached hydrogens (primary N) is 1. The van der Waals surface area contributed by atoms with Crippen LogP contribution >= 0.6 is 38.5 Å². The molecule has 2 aromatic heterocycles. The molecule has 2 heterocycles. The SMILES string of the molecule is Nc1nc(-c2cccc(Br)c2)nc2nc(-c3ccc(I)cc3)ccc12. The highest BCUT2D eigenvalue weighted by Crippen LogP contribution is 2.27. The maximum absolute atomic E-state index is 6.14. The Labute approximate surface area is 166 Å². The number of rotatable bonds is 2. The van der Waals surface area contributed by atoms with Crippen LogP contribution in [0.15, 0.2) is 65.1 Å². The Bertz CT molecular complexity index is 1080. The molecule has 0 atom stereocenters. The zero-order chi connectivity index (χ0) is 17.4. The maximum Gasteiger partial charge on any atom is 0.165 e. The van der Waals surface area contributed by atoms with Gasteiger partial charge in [-0.3, -0.25) is 0 Å². The van der Waals surface area contributed by atoms with Crippen molar-refractivity contribution in [2.75, 3.05) is 5.73 Å². The molecule has 2 N–H and O–H groups in total. The molecule has 0 radical (unpaired) electrons. The van der Waals surface area contributed by atoms with Gasteiger partial charge in [0.05, 0.1) is 11.1 Å². The second kappa shape index (κ2) is 6.68. The fraction of sp³-hybridized carbons (Fsp3) is 0. The number of aromatic nitrogens is 3. The van der Waals surface area contributed by atoms with Crippen molar-refractivity contribution in [3.8, 4) is 22.6 Å². The number of benzene rings is 2. The summed E-state index contributed by atoms with van der Waals surface area (Å²) in [5.74, 6) is 1.00. The van der Waals surface area contributed by atoms with Gasteiger partial charge >= 0.3 is 0 Å². The third-order valence-electron chi connectivity index (χ3n) is 3.81. The fourth-order valence-electron chi connectivity index (χ4n) is 2.57. The predicted molar refractivity (Wildman–Crippen MR) is 113 cm³/mol. The molecule has 122 valence electrons. The summed E-state index contributed by atoms with van der Waals surface area (Å²) < 4.78 is 2.15. The van der Waals surface area contributed by atoms with Gasteiger partial charge < -0.3 is 5.73 Å². The summed E-state index contributed by atoms with van der Waals surface area (Å²) in [6, 6.07) is 19.9. The highest BCUT2D eigenvalue weighted by molar-refractivity contribution is 14.1. The zero-order valence-electron chi connectivity index (χ0n) is 12.9. The number of nitrogens with zero attached hydrogens (tertiary/aromatic N) is 3. The first-order valence-corrected chi connectivity index (χ1v) is 9.43. The van der Waals surface area contributed by atoms with E-state index in [0.717, 1.165) is 26.7 Å². The summed E-state index contributed by atoms with van der Waals surface area (Å²) in [5, 5.41) is 0.757. The van der Waals surface area contributed by atoms with E-state index in [-0.39, 0.29) is 0 Å². The Kier molecular flexibility index (Phi) is 4.39. The van der Waals surface area contributed by atoms with Gasteiger partial charge in [-0.05, 0) is 59.0 Å². The van der Waals surface area contributed by atoms with Crippen LogP contribution in [0.25, 0.3) is 33.7 Å². The quantitative estimate of drug-likeness (QED) is 0.377. The van der Waals surface area contributed by atoms with E-state index in [1.165, 1.54) is 3.57 Å². The molecule has 0 fully saturated rings. The van der Waals surface area contributed by atoms with Crippen LogP contribution in [-0.4, -0.2) is 15.0 Å². The number of anilines is 1. The first-order chi connectivity index (χ1) is 12.1. The van der Waals surface area contributed by atoms with Crippen molar-refractivity contribution in [3.63, 3.8) is 0 Å². The Balaban J connectivity index is 1.87. The van der Waals surface area contributed by atoms with Crippen molar-refractivity contribution in [1.82, 2.24) is 15.0 Å². The topological polar surface area (TPSA) is 64.7 Å². The van der Waals surface area contributed by atoms with Gasteiger partial charge in [-0.1, -0.05) is 40.2 Å². The van der Waals surface area contributed by atoms with Crippen LogP contribution in [0.1, 0.15) is 0 Å². The van der Waals surface area contributed by atoms with Crippen LogP contribution in [0.4, 0.5) is 5.82 Å². The van der Waals surface area contributed by atoms with Crippen LogP contribution < -0.4 is 5.73 Å². The standard InChI is InChI=1S/C19H12BrIN4/c20-13-3-1-2-12(10-13)18-24-17(22)15-8-9-16(23-19(15)25-18)11-4-6-14(21)7-5-11/h1-10H,(H2,22,23,24,25). The van der Waals surface area contributed by atoms with Gasteiger partial charge in [0.1, 0.15) is 5.82 Å². The molecular formula is C19H12BrIN4. The molecule has 0 amide bonds. The molecule has 0 bridgehead atoms. The van der Waals surface area contributed by atoms with E-state index in [1.807, 2.05) is 36.4 Å². The highest BCUT2D eigenvalue weighted by atomic mass is 127. The Hall–Kier alpha value is -2.06. The van der Waals surface area contributed by atoms with E-state index in [4.69, 9.17) is 10.7 Å². The molecule has 4 rings (SSSR count). The molecule has 0 saturated carbocycles. The van der Waals surface area contributed by atoms with Crippen LogP contribution in [-0.2, 0) is 0 Å². The minimum absolute atomic E-state index is 0.432. The second-order valence-electron chi connectivity index (χ2n) is 5.52. The van der Waals surface area contributed by atoms with Gasteiger partial charge in [-0.15, -0.1) is 0 Å². The van der Waals surface area contributed by atoms with Crippen LogP contribution in [0.3, 0.4) is 0 Å². The van der Waals surface area contributed by atoms with E-state index in [2.05, 4.69) is 72.8 Å². The average molecular weight is 503 g/mol. The van der Waals surface area contributed by atoms with E-state index in [9.17, 15) is 0 Å². The molecule has 0 spiro atoms. The highest BCUT2D eigenvalue weighted by Gasteiger charge is 2.10. The molecular weight excluding hydrogens is 491 g/mol. The number of hydrogen-bond donors (Lipinski definition) is 1. The van der Waals surface area contributed by atoms with Crippen molar-refractivity contribution in [2.24, 2.45) is 0 Å². The Morgan fingerprint density at radius 1 is 0.840 bits per heavy atom. The van der Waals surface area contributed by atoms with Crippen molar-refractivity contribution in [2.45, 2.75) is 0 Å². The van der Waals surface area contributed by atoms with Crippen molar-refractivity contribution in [1.29, 1.82) is 0 Å². The van der Waals surface area contributed by atoms with E-state index < -0.39 is 0 Å². The second-order valence-corrected chi connectivity index (χ2v) is 7.68. The van der Waals surface area contributed by atoms with Crippen LogP contribution in [0, 0.1) is 3.57 Å². The van der Waals surface area contributed by atoms with Gasteiger partial charge in [0.2, 0.25) is 0 Å². The third kappa shape index (κ3) is 3.36. The van der Waals surface area contributed by atoms with Gasteiger partial charge in [-0.2, -0.15) is 0 Å². The van der Waals surface area contributed by atoms with Crippen molar-refractivity contribution >= 4 is 55.4 Å². The van der Waals surface area contributed by atoms with Crippen molar-refractivity contribution in [3.05, 3.63) is 68.7 Å². The average Bonchev–Trinajstić information content (AvgIpc) is 2.62. The molecule has 4 nitrogen and oxygen atoms in total. The number of halogens is 2. The zero-order valence-corrected chi connectivity index (χ0v) is 16.7. The van der Waals surface area contributed by atoms with Gasteiger partial charge in [0, 0.05) is 19.2 Å². The molecule has 2 aromatic carbocycles. The lowest BCUT2D eigenvalue weighted by Crippen LogP contribution is -2.00. The Morgan fingerprint density at radius 3 is 2.40 bits per heavy atom. The van der Waals surface area contributed by atoms with Gasteiger partial charge in [-0.25, -0.2) is 15.0 Å². The molecule has 4 aromatic rings. The van der Waals surface area contributed by atoms with E-state index >= 15 is 0 Å².